The number of rotatable bonds is 0. The van der Waals surface area contributed by atoms with Crippen molar-refractivity contribution in [2.45, 2.75) is 11.3 Å². The Balaban J connectivity index is 2.41. The lowest BCUT2D eigenvalue weighted by Crippen LogP contribution is -2.09. The number of fused-ring (bicyclic) bond motifs is 1. The van der Waals surface area contributed by atoms with Gasteiger partial charge < -0.3 is 0 Å². The Kier molecular flexibility index (Phi) is 1.96. The Labute approximate surface area is 76.0 Å². The van der Waals surface area contributed by atoms with E-state index in [2.05, 4.69) is 24.3 Å². The van der Waals surface area contributed by atoms with Crippen LogP contribution in [0.3, 0.4) is 0 Å². The fraction of sp³-hybridized carbons (Fsp3) is 0.222. The van der Waals surface area contributed by atoms with Crippen LogP contribution >= 0.6 is 24.0 Å². The van der Waals surface area contributed by atoms with Crippen molar-refractivity contribution < 1.29 is 0 Å². The lowest BCUT2D eigenvalue weighted by atomic mass is 10.1. The SMILES string of the molecule is S=C1CSc2ccccc2C1. The minimum absolute atomic E-state index is 0.999. The molecule has 1 heterocycles. The maximum atomic E-state index is 5.16. The van der Waals surface area contributed by atoms with E-state index in [-0.39, 0.29) is 0 Å². The van der Waals surface area contributed by atoms with E-state index < -0.39 is 0 Å². The Bertz CT molecular complexity index is 291. The molecule has 0 saturated heterocycles. The monoisotopic (exact) mass is 180 g/mol. The van der Waals surface area contributed by atoms with Crippen molar-refractivity contribution in [2.75, 3.05) is 5.75 Å². The molecule has 0 N–H and O–H groups in total. The maximum Gasteiger partial charge on any atom is 0.0299 e. The lowest BCUT2D eigenvalue weighted by Gasteiger charge is -2.14. The Morgan fingerprint density at radius 3 is 3.00 bits per heavy atom. The average molecular weight is 180 g/mol. The third-order valence-corrected chi connectivity index (χ3v) is 3.42. The van der Waals surface area contributed by atoms with Crippen LogP contribution < -0.4 is 0 Å². The van der Waals surface area contributed by atoms with Gasteiger partial charge in [-0.1, -0.05) is 30.4 Å². The van der Waals surface area contributed by atoms with E-state index in [1.54, 1.807) is 0 Å². The summed E-state index contributed by atoms with van der Waals surface area (Å²) in [5, 5.41) is 0. The van der Waals surface area contributed by atoms with Crippen LogP contribution in [-0.2, 0) is 6.42 Å². The molecule has 0 unspecified atom stereocenters. The molecule has 1 aliphatic heterocycles. The van der Waals surface area contributed by atoms with E-state index in [4.69, 9.17) is 12.2 Å². The molecule has 2 heteroatoms. The normalized spacial score (nSPS) is 16.2. The van der Waals surface area contributed by atoms with Crippen molar-refractivity contribution in [3.8, 4) is 0 Å². The summed E-state index contributed by atoms with van der Waals surface area (Å²) in [6.07, 6.45) is 0.999. The summed E-state index contributed by atoms with van der Waals surface area (Å²) in [4.78, 5) is 2.58. The van der Waals surface area contributed by atoms with Gasteiger partial charge in [0.05, 0.1) is 0 Å². The number of thiocarbonyl (C=S) groups is 1. The second-order valence-electron chi connectivity index (χ2n) is 2.61. The van der Waals surface area contributed by atoms with Crippen LogP contribution in [0.15, 0.2) is 29.2 Å². The molecule has 56 valence electrons. The van der Waals surface area contributed by atoms with E-state index in [9.17, 15) is 0 Å². The first-order chi connectivity index (χ1) is 5.36. The standard InChI is InChI=1S/C9H8S2/c10-8-5-7-3-1-2-4-9(7)11-6-8/h1-4H,5-6H2. The average Bonchev–Trinajstić information content (AvgIpc) is 2.04. The number of thioether (sulfide) groups is 1. The number of benzene rings is 1. The van der Waals surface area contributed by atoms with Gasteiger partial charge in [0.2, 0.25) is 0 Å². The summed E-state index contributed by atoms with van der Waals surface area (Å²) in [5.74, 6) is 1.02. The van der Waals surface area contributed by atoms with Gasteiger partial charge in [-0.25, -0.2) is 0 Å². The molecule has 0 aliphatic carbocycles. The van der Waals surface area contributed by atoms with Crippen molar-refractivity contribution in [1.29, 1.82) is 0 Å². The van der Waals surface area contributed by atoms with E-state index >= 15 is 0 Å². The molecule has 11 heavy (non-hydrogen) atoms. The molecule has 0 radical (unpaired) electrons. The Morgan fingerprint density at radius 2 is 2.09 bits per heavy atom. The quantitative estimate of drug-likeness (QED) is 0.563. The fourth-order valence-electron chi connectivity index (χ4n) is 1.21. The zero-order chi connectivity index (χ0) is 7.68. The molecule has 0 atom stereocenters. The van der Waals surface area contributed by atoms with Gasteiger partial charge in [-0.2, -0.15) is 0 Å². The smallest absolute Gasteiger partial charge is 0.0299 e. The van der Waals surface area contributed by atoms with E-state index in [1.165, 1.54) is 15.3 Å². The molecular formula is C9H8S2. The molecule has 0 amide bonds. The first kappa shape index (κ1) is 7.32. The minimum Gasteiger partial charge on any atom is -0.121 e. The van der Waals surface area contributed by atoms with Gasteiger partial charge in [0.25, 0.3) is 0 Å². The second kappa shape index (κ2) is 2.95. The predicted molar refractivity (Wildman–Crippen MR) is 53.5 cm³/mol. The van der Waals surface area contributed by atoms with Gasteiger partial charge >= 0.3 is 0 Å². The summed E-state index contributed by atoms with van der Waals surface area (Å²) in [5.41, 5.74) is 1.40. The zero-order valence-corrected chi connectivity index (χ0v) is 7.67. The first-order valence-corrected chi connectivity index (χ1v) is 4.98. The topological polar surface area (TPSA) is 0 Å². The Hall–Kier alpha value is -0.340. The van der Waals surface area contributed by atoms with E-state index in [1.807, 2.05) is 11.8 Å². The van der Waals surface area contributed by atoms with Crippen molar-refractivity contribution in [2.24, 2.45) is 0 Å². The molecule has 0 bridgehead atoms. The Morgan fingerprint density at radius 1 is 1.27 bits per heavy atom. The molecule has 1 aromatic carbocycles. The van der Waals surface area contributed by atoms with Crippen LogP contribution in [0.5, 0.6) is 0 Å². The summed E-state index contributed by atoms with van der Waals surface area (Å²) < 4.78 is 0. The van der Waals surface area contributed by atoms with Gasteiger partial charge in [-0.3, -0.25) is 0 Å². The molecular weight excluding hydrogens is 172 g/mol. The van der Waals surface area contributed by atoms with Gasteiger partial charge in [0.1, 0.15) is 0 Å². The molecule has 0 aromatic heterocycles. The number of hydrogen-bond donors (Lipinski definition) is 0. The summed E-state index contributed by atoms with van der Waals surface area (Å²) in [7, 11) is 0. The molecule has 1 aromatic rings. The van der Waals surface area contributed by atoms with Crippen molar-refractivity contribution in [3.63, 3.8) is 0 Å². The fourth-order valence-corrected chi connectivity index (χ4v) is 2.46. The minimum atomic E-state index is 0.999. The van der Waals surface area contributed by atoms with Gasteiger partial charge in [-0.05, 0) is 11.6 Å². The molecule has 0 nitrogen and oxygen atoms in total. The van der Waals surface area contributed by atoms with E-state index in [0.717, 1.165) is 12.2 Å². The third-order valence-electron chi connectivity index (χ3n) is 1.75. The third kappa shape index (κ3) is 1.47. The zero-order valence-electron chi connectivity index (χ0n) is 6.04. The second-order valence-corrected chi connectivity index (χ2v) is 4.21. The van der Waals surface area contributed by atoms with Crippen molar-refractivity contribution in [1.82, 2.24) is 0 Å². The largest absolute Gasteiger partial charge is 0.121 e. The number of hydrogen-bond acceptors (Lipinski definition) is 2. The highest BCUT2D eigenvalue weighted by atomic mass is 32.2. The highest BCUT2D eigenvalue weighted by Gasteiger charge is 2.11. The molecule has 0 saturated carbocycles. The van der Waals surface area contributed by atoms with Gasteiger partial charge in [0.15, 0.2) is 0 Å². The highest BCUT2D eigenvalue weighted by molar-refractivity contribution is 8.01. The highest BCUT2D eigenvalue weighted by Crippen LogP contribution is 2.28. The summed E-state index contributed by atoms with van der Waals surface area (Å²) >= 11 is 7.02. The molecule has 1 aliphatic rings. The van der Waals surface area contributed by atoms with Crippen LogP contribution in [0.2, 0.25) is 0 Å². The van der Waals surface area contributed by atoms with Crippen LogP contribution in [0, 0.1) is 0 Å². The van der Waals surface area contributed by atoms with Crippen LogP contribution in [0.4, 0.5) is 0 Å². The summed E-state index contributed by atoms with van der Waals surface area (Å²) in [6, 6.07) is 8.49. The first-order valence-electron chi connectivity index (χ1n) is 3.58. The van der Waals surface area contributed by atoms with Crippen LogP contribution in [0.25, 0.3) is 0 Å². The van der Waals surface area contributed by atoms with Gasteiger partial charge in [-0.15, -0.1) is 11.8 Å². The lowest BCUT2D eigenvalue weighted by molar-refractivity contribution is 1.21. The van der Waals surface area contributed by atoms with Crippen LogP contribution in [-0.4, -0.2) is 10.6 Å². The maximum absolute atomic E-state index is 5.16. The molecule has 0 fully saturated rings. The van der Waals surface area contributed by atoms with Crippen molar-refractivity contribution >= 4 is 28.8 Å². The van der Waals surface area contributed by atoms with Crippen molar-refractivity contribution in [3.05, 3.63) is 29.8 Å². The summed E-state index contributed by atoms with van der Waals surface area (Å²) in [6.45, 7) is 0. The predicted octanol–water partition coefficient (Wildman–Crippen LogP) is 2.70. The van der Waals surface area contributed by atoms with Gasteiger partial charge in [0, 0.05) is 21.9 Å². The molecule has 2 rings (SSSR count). The molecule has 0 spiro atoms. The van der Waals surface area contributed by atoms with E-state index in [0.29, 0.717) is 0 Å². The van der Waals surface area contributed by atoms with Crippen LogP contribution in [0.1, 0.15) is 5.56 Å².